The van der Waals surface area contributed by atoms with E-state index in [0.717, 1.165) is 12.8 Å². The van der Waals surface area contributed by atoms with E-state index in [4.69, 9.17) is 11.5 Å². The van der Waals surface area contributed by atoms with E-state index in [-0.39, 0.29) is 0 Å². The number of hydrogen-bond acceptors (Lipinski definition) is 1. The fourth-order valence-electron chi connectivity index (χ4n) is 1.60. The molecule has 0 aromatic rings. The second kappa shape index (κ2) is 13.7. The van der Waals surface area contributed by atoms with Gasteiger partial charge in [0, 0.05) is 6.42 Å². The van der Waals surface area contributed by atoms with Crippen LogP contribution in [0, 0.1) is 36.0 Å². The van der Waals surface area contributed by atoms with Gasteiger partial charge in [0.25, 0.3) is 0 Å². The third-order valence-electron chi connectivity index (χ3n) is 2.67. The van der Waals surface area contributed by atoms with Gasteiger partial charge in [-0.25, -0.2) is 0 Å². The molecule has 0 unspecified atom stereocenters. The Labute approximate surface area is 112 Å². The molecular formula is C17H24O. The van der Waals surface area contributed by atoms with Crippen LogP contribution in [-0.2, 0) is 0 Å². The molecule has 0 spiro atoms. The molecule has 0 amide bonds. The van der Waals surface area contributed by atoms with Gasteiger partial charge >= 0.3 is 0 Å². The topological polar surface area (TPSA) is 20.2 Å². The van der Waals surface area contributed by atoms with Crippen LogP contribution in [0.15, 0.2) is 0 Å². The van der Waals surface area contributed by atoms with Gasteiger partial charge in [-0.05, 0) is 24.2 Å². The maximum absolute atomic E-state index is 8.94. The summed E-state index contributed by atoms with van der Waals surface area (Å²) >= 11 is 0. The molecule has 1 atom stereocenters. The van der Waals surface area contributed by atoms with Gasteiger partial charge in [-0.1, -0.05) is 63.7 Å². The van der Waals surface area contributed by atoms with Crippen molar-refractivity contribution < 1.29 is 5.11 Å². The van der Waals surface area contributed by atoms with Crippen molar-refractivity contribution in [3.63, 3.8) is 0 Å². The Bertz CT molecular complexity index is 340. The molecule has 0 aliphatic heterocycles. The SMILES string of the molecule is C#C[C@@H](O)C#CC#CCCCCCCCCCC. The van der Waals surface area contributed by atoms with Gasteiger partial charge in [0.05, 0.1) is 0 Å². The van der Waals surface area contributed by atoms with Crippen molar-refractivity contribution in [3.05, 3.63) is 0 Å². The lowest BCUT2D eigenvalue weighted by Gasteiger charge is -1.98. The molecule has 0 rings (SSSR count). The van der Waals surface area contributed by atoms with Crippen LogP contribution in [0.3, 0.4) is 0 Å². The zero-order valence-corrected chi connectivity index (χ0v) is 11.5. The Balaban J connectivity index is 3.32. The van der Waals surface area contributed by atoms with Crippen LogP contribution in [0.4, 0.5) is 0 Å². The maximum Gasteiger partial charge on any atom is 0.177 e. The van der Waals surface area contributed by atoms with Crippen molar-refractivity contribution >= 4 is 0 Å². The number of rotatable bonds is 8. The highest BCUT2D eigenvalue weighted by Crippen LogP contribution is 2.08. The minimum atomic E-state index is -0.984. The Morgan fingerprint density at radius 1 is 0.944 bits per heavy atom. The Hall–Kier alpha value is -1.36. The van der Waals surface area contributed by atoms with Crippen LogP contribution in [0.25, 0.3) is 0 Å². The summed E-state index contributed by atoms with van der Waals surface area (Å²) in [4.78, 5) is 0. The van der Waals surface area contributed by atoms with Gasteiger partial charge < -0.3 is 5.11 Å². The summed E-state index contributed by atoms with van der Waals surface area (Å²) < 4.78 is 0. The highest BCUT2D eigenvalue weighted by atomic mass is 16.3. The first-order chi connectivity index (χ1) is 8.81. The molecule has 0 heterocycles. The molecule has 0 aliphatic carbocycles. The summed E-state index contributed by atoms with van der Waals surface area (Å²) in [5.41, 5.74) is 0. The van der Waals surface area contributed by atoms with Crippen molar-refractivity contribution in [1.82, 2.24) is 0 Å². The van der Waals surface area contributed by atoms with Gasteiger partial charge in [0.15, 0.2) is 6.10 Å². The summed E-state index contributed by atoms with van der Waals surface area (Å²) in [5, 5.41) is 8.94. The lowest BCUT2D eigenvalue weighted by atomic mass is 10.1. The van der Waals surface area contributed by atoms with E-state index in [0.29, 0.717) is 0 Å². The average Bonchev–Trinajstić information content (AvgIpc) is 2.39. The summed E-state index contributed by atoms with van der Waals surface area (Å²) in [7, 11) is 0. The van der Waals surface area contributed by atoms with Crippen molar-refractivity contribution in [2.45, 2.75) is 70.8 Å². The first-order valence-electron chi connectivity index (χ1n) is 6.93. The zero-order valence-electron chi connectivity index (χ0n) is 11.5. The second-order valence-electron chi connectivity index (χ2n) is 4.37. The van der Waals surface area contributed by atoms with E-state index in [1.807, 2.05) is 0 Å². The molecule has 0 saturated heterocycles. The fourth-order valence-corrected chi connectivity index (χ4v) is 1.60. The Kier molecular flexibility index (Phi) is 12.7. The molecular weight excluding hydrogens is 220 g/mol. The highest BCUT2D eigenvalue weighted by Gasteiger charge is 1.90. The summed E-state index contributed by atoms with van der Waals surface area (Å²) in [6.07, 6.45) is 15.3. The lowest BCUT2D eigenvalue weighted by Crippen LogP contribution is -1.95. The van der Waals surface area contributed by atoms with Gasteiger partial charge in [-0.2, -0.15) is 0 Å². The lowest BCUT2D eigenvalue weighted by molar-refractivity contribution is 0.290. The predicted octanol–water partition coefficient (Wildman–Crippen LogP) is 3.52. The van der Waals surface area contributed by atoms with Crippen LogP contribution >= 0.6 is 0 Å². The van der Waals surface area contributed by atoms with Crippen LogP contribution in [0.1, 0.15) is 64.7 Å². The van der Waals surface area contributed by atoms with Crippen LogP contribution in [0.2, 0.25) is 0 Å². The minimum absolute atomic E-state index is 0.885. The molecule has 1 nitrogen and oxygen atoms in total. The standard InChI is InChI=1S/C17H24O/c1-3-5-6-7-8-9-10-11-12-13-14-15-16-17(18)4-2/h2,17-18H,3,5-12H2,1H3/t17-/m1/s1. The van der Waals surface area contributed by atoms with E-state index in [9.17, 15) is 0 Å². The fraction of sp³-hybridized carbons (Fsp3) is 0.647. The first kappa shape index (κ1) is 16.6. The van der Waals surface area contributed by atoms with Crippen molar-refractivity contribution in [3.8, 4) is 36.0 Å². The minimum Gasteiger partial charge on any atom is -0.369 e. The number of aliphatic hydroxyl groups is 1. The van der Waals surface area contributed by atoms with Gasteiger partial charge in [0.2, 0.25) is 0 Å². The Morgan fingerprint density at radius 3 is 2.17 bits per heavy atom. The van der Waals surface area contributed by atoms with E-state index < -0.39 is 6.10 Å². The van der Waals surface area contributed by atoms with Gasteiger partial charge in [-0.3, -0.25) is 0 Å². The van der Waals surface area contributed by atoms with Crippen molar-refractivity contribution in [1.29, 1.82) is 0 Å². The van der Waals surface area contributed by atoms with E-state index in [1.54, 1.807) is 0 Å². The maximum atomic E-state index is 8.94. The molecule has 0 aromatic heterocycles. The second-order valence-corrected chi connectivity index (χ2v) is 4.37. The van der Waals surface area contributed by atoms with Crippen molar-refractivity contribution in [2.75, 3.05) is 0 Å². The number of unbranched alkanes of at least 4 members (excludes halogenated alkanes) is 8. The average molecular weight is 244 g/mol. The van der Waals surface area contributed by atoms with Crippen molar-refractivity contribution in [2.24, 2.45) is 0 Å². The normalized spacial score (nSPS) is 10.5. The molecule has 0 saturated carbocycles. The number of terminal acetylenes is 1. The molecule has 0 radical (unpaired) electrons. The number of hydrogen-bond donors (Lipinski definition) is 1. The largest absolute Gasteiger partial charge is 0.369 e. The predicted molar refractivity (Wildman–Crippen MR) is 77.6 cm³/mol. The monoisotopic (exact) mass is 244 g/mol. The summed E-state index contributed by atoms with van der Waals surface area (Å²) in [6, 6.07) is 0. The number of aliphatic hydroxyl groups excluding tert-OH is 1. The Morgan fingerprint density at radius 2 is 1.56 bits per heavy atom. The molecule has 1 N–H and O–H groups in total. The molecule has 0 aromatic carbocycles. The molecule has 1 heteroatoms. The van der Waals surface area contributed by atoms with E-state index >= 15 is 0 Å². The molecule has 18 heavy (non-hydrogen) atoms. The zero-order chi connectivity index (χ0) is 13.5. The van der Waals surface area contributed by atoms with Crippen LogP contribution < -0.4 is 0 Å². The molecule has 0 fully saturated rings. The molecule has 0 bridgehead atoms. The van der Waals surface area contributed by atoms with E-state index in [1.165, 1.54) is 44.9 Å². The third-order valence-corrected chi connectivity index (χ3v) is 2.67. The third kappa shape index (κ3) is 12.7. The molecule has 0 aliphatic rings. The van der Waals surface area contributed by atoms with Gasteiger partial charge in [-0.15, -0.1) is 6.42 Å². The molecule has 98 valence electrons. The first-order valence-corrected chi connectivity index (χ1v) is 6.93. The summed E-state index contributed by atoms with van der Waals surface area (Å²) in [5.74, 6) is 12.8. The van der Waals surface area contributed by atoms with Crippen LogP contribution in [0.5, 0.6) is 0 Å². The van der Waals surface area contributed by atoms with E-state index in [2.05, 4.69) is 36.5 Å². The highest BCUT2D eigenvalue weighted by molar-refractivity contribution is 5.29. The smallest absolute Gasteiger partial charge is 0.177 e. The van der Waals surface area contributed by atoms with Crippen LogP contribution in [-0.4, -0.2) is 11.2 Å². The summed E-state index contributed by atoms with van der Waals surface area (Å²) in [6.45, 7) is 2.24. The van der Waals surface area contributed by atoms with Gasteiger partial charge in [0.1, 0.15) is 0 Å². The quantitative estimate of drug-likeness (QED) is 0.511.